The van der Waals surface area contributed by atoms with Crippen LogP contribution in [0.25, 0.3) is 0 Å². The third kappa shape index (κ3) is 6.19. The van der Waals surface area contributed by atoms with Gasteiger partial charge >= 0.3 is 5.97 Å². The highest BCUT2D eigenvalue weighted by Crippen LogP contribution is 2.20. The summed E-state index contributed by atoms with van der Waals surface area (Å²) >= 11 is 0. The molecule has 3 rings (SSSR count). The maximum atomic E-state index is 12.6. The lowest BCUT2D eigenvalue weighted by Gasteiger charge is -2.26. The zero-order chi connectivity index (χ0) is 21.4. The molecule has 1 aliphatic heterocycles. The molecule has 1 aliphatic rings. The molecule has 0 unspecified atom stereocenters. The van der Waals surface area contributed by atoms with Crippen molar-refractivity contribution in [2.24, 2.45) is 0 Å². The molecule has 0 N–H and O–H groups in total. The van der Waals surface area contributed by atoms with Crippen LogP contribution in [0, 0.1) is 6.92 Å². The first-order valence-corrected chi connectivity index (χ1v) is 11.0. The van der Waals surface area contributed by atoms with E-state index >= 15 is 0 Å². The molecule has 0 aliphatic carbocycles. The topological polar surface area (TPSA) is 91.4 Å². The van der Waals surface area contributed by atoms with Crippen molar-refractivity contribution in [2.75, 3.05) is 46.1 Å². The predicted molar refractivity (Wildman–Crippen MR) is 109 cm³/mol. The molecule has 0 aromatic heterocycles. The van der Waals surface area contributed by atoms with Crippen LogP contribution in [-0.4, -0.2) is 64.8 Å². The normalized spacial score (nSPS) is 14.8. The highest BCUT2D eigenvalue weighted by atomic mass is 32.2. The second-order valence-corrected chi connectivity index (χ2v) is 8.60. The van der Waals surface area contributed by atoms with E-state index in [-0.39, 0.29) is 24.7 Å². The molecule has 0 radical (unpaired) electrons. The molecule has 1 saturated heterocycles. The number of carbonyl (C=O) groups excluding carboxylic acids is 1. The highest BCUT2D eigenvalue weighted by Gasteiger charge is 2.26. The van der Waals surface area contributed by atoms with Gasteiger partial charge < -0.3 is 18.9 Å². The number of ether oxygens (including phenoxy) is 4. The average Bonchev–Trinajstić information content (AvgIpc) is 2.76. The Bertz CT molecular complexity index is 938. The van der Waals surface area contributed by atoms with Gasteiger partial charge in [0.2, 0.25) is 10.0 Å². The molecule has 0 amide bonds. The number of sulfonamides is 1. The smallest absolute Gasteiger partial charge is 0.344 e. The predicted octanol–water partition coefficient (Wildman–Crippen LogP) is 2.02. The lowest BCUT2D eigenvalue weighted by Crippen LogP contribution is -2.40. The molecule has 1 heterocycles. The Kier molecular flexibility index (Phi) is 7.67. The molecule has 162 valence electrons. The molecule has 0 saturated carbocycles. The molecular weight excluding hydrogens is 410 g/mol. The summed E-state index contributed by atoms with van der Waals surface area (Å²) in [4.78, 5) is 11.9. The van der Waals surface area contributed by atoms with Crippen LogP contribution in [0.2, 0.25) is 0 Å². The van der Waals surface area contributed by atoms with E-state index in [1.54, 1.807) is 18.2 Å². The fourth-order valence-electron chi connectivity index (χ4n) is 2.85. The van der Waals surface area contributed by atoms with Gasteiger partial charge in [0.1, 0.15) is 24.7 Å². The van der Waals surface area contributed by atoms with E-state index < -0.39 is 16.0 Å². The Hall–Kier alpha value is -2.62. The first kappa shape index (κ1) is 22.1. The Morgan fingerprint density at radius 2 is 1.73 bits per heavy atom. The van der Waals surface area contributed by atoms with E-state index in [9.17, 15) is 13.2 Å². The summed E-state index contributed by atoms with van der Waals surface area (Å²) in [5.41, 5.74) is 1.04. The van der Waals surface area contributed by atoms with Crippen molar-refractivity contribution in [3.05, 3.63) is 54.1 Å². The quantitative estimate of drug-likeness (QED) is 0.440. The minimum Gasteiger partial charge on any atom is -0.490 e. The van der Waals surface area contributed by atoms with Crippen molar-refractivity contribution in [1.82, 2.24) is 4.31 Å². The third-order valence-corrected chi connectivity index (χ3v) is 6.31. The van der Waals surface area contributed by atoms with Crippen LogP contribution in [0.5, 0.6) is 11.5 Å². The largest absolute Gasteiger partial charge is 0.490 e. The number of morpholine rings is 1. The Balaban J connectivity index is 1.39. The Morgan fingerprint density at radius 3 is 2.43 bits per heavy atom. The summed E-state index contributed by atoms with van der Waals surface area (Å²) in [5.74, 6) is 0.602. The van der Waals surface area contributed by atoms with Gasteiger partial charge in [-0.1, -0.05) is 12.1 Å². The fourth-order valence-corrected chi connectivity index (χ4v) is 4.26. The molecule has 0 spiro atoms. The maximum absolute atomic E-state index is 12.6. The summed E-state index contributed by atoms with van der Waals surface area (Å²) in [7, 11) is -3.53. The molecular formula is C21H25NO7S. The molecule has 8 nitrogen and oxygen atoms in total. The number of aryl methyl sites for hydroxylation is 1. The zero-order valence-corrected chi connectivity index (χ0v) is 17.6. The third-order valence-electron chi connectivity index (χ3n) is 4.39. The molecule has 2 aromatic rings. The van der Waals surface area contributed by atoms with Crippen molar-refractivity contribution in [1.29, 1.82) is 0 Å². The second-order valence-electron chi connectivity index (χ2n) is 6.66. The summed E-state index contributed by atoms with van der Waals surface area (Å²) in [6, 6.07) is 13.6. The van der Waals surface area contributed by atoms with E-state index in [1.807, 2.05) is 25.1 Å². The van der Waals surface area contributed by atoms with Crippen molar-refractivity contribution < 1.29 is 32.2 Å². The van der Waals surface area contributed by atoms with E-state index in [4.69, 9.17) is 18.9 Å². The van der Waals surface area contributed by atoms with Gasteiger partial charge in [0.25, 0.3) is 0 Å². The van der Waals surface area contributed by atoms with Gasteiger partial charge in [-0.25, -0.2) is 13.2 Å². The summed E-state index contributed by atoms with van der Waals surface area (Å²) in [6.45, 7) is 3.45. The second kappa shape index (κ2) is 10.4. The van der Waals surface area contributed by atoms with Gasteiger partial charge in [0.05, 0.1) is 18.1 Å². The number of esters is 1. The standard InChI is InChI=1S/C21H25NO7S/c1-17-3-2-4-19(15-17)29-16-21(23)28-14-13-27-18-5-7-20(8-6-18)30(24,25)22-9-11-26-12-10-22/h2-8,15H,9-14,16H2,1H3. The molecule has 30 heavy (non-hydrogen) atoms. The van der Waals surface area contributed by atoms with Gasteiger partial charge in [-0.3, -0.25) is 0 Å². The lowest BCUT2D eigenvalue weighted by molar-refractivity contribution is -0.146. The molecule has 0 bridgehead atoms. The van der Waals surface area contributed by atoms with Crippen LogP contribution in [0.15, 0.2) is 53.4 Å². The molecule has 0 atom stereocenters. The van der Waals surface area contributed by atoms with Crippen molar-refractivity contribution in [3.63, 3.8) is 0 Å². The molecule has 9 heteroatoms. The van der Waals surface area contributed by atoms with Gasteiger partial charge in [-0.2, -0.15) is 4.31 Å². The summed E-state index contributed by atoms with van der Waals surface area (Å²) < 4.78 is 47.7. The van der Waals surface area contributed by atoms with E-state index in [0.29, 0.717) is 37.8 Å². The maximum Gasteiger partial charge on any atom is 0.344 e. The number of rotatable bonds is 9. The Morgan fingerprint density at radius 1 is 1.00 bits per heavy atom. The van der Waals surface area contributed by atoms with Crippen LogP contribution in [-0.2, 0) is 24.3 Å². The molecule has 1 fully saturated rings. The van der Waals surface area contributed by atoms with Crippen LogP contribution >= 0.6 is 0 Å². The van der Waals surface area contributed by atoms with Crippen molar-refractivity contribution in [3.8, 4) is 11.5 Å². The van der Waals surface area contributed by atoms with Gasteiger partial charge in [0, 0.05) is 13.1 Å². The first-order chi connectivity index (χ1) is 14.4. The number of carbonyl (C=O) groups is 1. The number of nitrogens with zero attached hydrogens (tertiary/aromatic N) is 1. The average molecular weight is 435 g/mol. The minimum atomic E-state index is -3.53. The summed E-state index contributed by atoms with van der Waals surface area (Å²) in [6.07, 6.45) is 0. The first-order valence-electron chi connectivity index (χ1n) is 9.61. The van der Waals surface area contributed by atoms with Gasteiger partial charge in [-0.15, -0.1) is 0 Å². The van der Waals surface area contributed by atoms with Crippen LogP contribution < -0.4 is 9.47 Å². The monoisotopic (exact) mass is 435 g/mol. The van der Waals surface area contributed by atoms with Gasteiger partial charge in [0.15, 0.2) is 6.61 Å². The van der Waals surface area contributed by atoms with Gasteiger partial charge in [-0.05, 0) is 48.9 Å². The van der Waals surface area contributed by atoms with Crippen LogP contribution in [0.3, 0.4) is 0 Å². The van der Waals surface area contributed by atoms with Crippen LogP contribution in [0.1, 0.15) is 5.56 Å². The van der Waals surface area contributed by atoms with Crippen LogP contribution in [0.4, 0.5) is 0 Å². The van der Waals surface area contributed by atoms with E-state index in [2.05, 4.69) is 0 Å². The SMILES string of the molecule is Cc1cccc(OCC(=O)OCCOc2ccc(S(=O)(=O)N3CCOCC3)cc2)c1. The minimum absolute atomic E-state index is 0.0594. The van der Waals surface area contributed by atoms with E-state index in [0.717, 1.165) is 5.56 Å². The van der Waals surface area contributed by atoms with Crippen molar-refractivity contribution in [2.45, 2.75) is 11.8 Å². The number of hydrogen-bond donors (Lipinski definition) is 0. The lowest BCUT2D eigenvalue weighted by atomic mass is 10.2. The highest BCUT2D eigenvalue weighted by molar-refractivity contribution is 7.89. The fraction of sp³-hybridized carbons (Fsp3) is 0.381. The summed E-state index contributed by atoms with van der Waals surface area (Å²) in [5, 5.41) is 0. The number of benzene rings is 2. The Labute approximate surface area is 176 Å². The number of hydrogen-bond acceptors (Lipinski definition) is 7. The zero-order valence-electron chi connectivity index (χ0n) is 16.8. The molecule has 2 aromatic carbocycles. The van der Waals surface area contributed by atoms with E-state index in [1.165, 1.54) is 16.4 Å². The van der Waals surface area contributed by atoms with Crippen molar-refractivity contribution >= 4 is 16.0 Å².